The molecular weight excluding hydrogens is 257 g/mol. The second-order valence-electron chi connectivity index (χ2n) is 0.499. The fourth-order valence-corrected chi connectivity index (χ4v) is 0. The quantitative estimate of drug-likeness (QED) is 0.308. The maximum absolute atomic E-state index is 9.60. The van der Waals surface area contributed by atoms with E-state index in [2.05, 4.69) is 0 Å². The summed E-state index contributed by atoms with van der Waals surface area (Å²) in [6.45, 7) is 0. The van der Waals surface area contributed by atoms with Crippen LogP contribution in [0.2, 0.25) is 0 Å². The Labute approximate surface area is 60.5 Å². The molecule has 0 saturated heterocycles. The normalized spacial score (nSPS) is 8.38. The number of halogens is 3. The molecule has 0 aliphatic heterocycles. The van der Waals surface area contributed by atoms with Gasteiger partial charge in [0.05, 0.1) is 0 Å². The van der Waals surface area contributed by atoms with Gasteiger partial charge in [-0.3, -0.25) is 0 Å². The van der Waals surface area contributed by atoms with Crippen molar-refractivity contribution >= 4 is 27.6 Å². The Morgan fingerprint density at radius 1 is 1.50 bits per heavy atom. The average Bonchev–Trinajstić information content (AvgIpc) is 1.27. The van der Waals surface area contributed by atoms with Crippen molar-refractivity contribution in [2.24, 2.45) is 0 Å². The number of rotatable bonds is 0. The summed E-state index contributed by atoms with van der Waals surface area (Å²) in [5.74, 6) is 0. The van der Waals surface area contributed by atoms with Gasteiger partial charge in [-0.05, 0) is 10.4 Å². The third-order valence-corrected chi connectivity index (χ3v) is 0. The Morgan fingerprint density at radius 3 is 1.50 bits per heavy atom. The molecule has 0 heterocycles. The standard InChI is InChI=1S/3ClH.HN3.Nb.O/c;;;1-3-2;;/h3*1H;1H;;/q;;;;+3;/p-3. The summed E-state index contributed by atoms with van der Waals surface area (Å²) in [6, 6.07) is 0. The second kappa shape index (κ2) is 5.85. The molecule has 0 radical (unpaired) electrons. The van der Waals surface area contributed by atoms with Crippen LogP contribution in [0.25, 0.3) is 10.4 Å². The monoisotopic (exact) mass is 257 g/mol. The first-order valence-electron chi connectivity index (χ1n) is 1.11. The molecule has 0 rings (SSSR count). The van der Waals surface area contributed by atoms with E-state index in [-0.39, 0.29) is 0 Å². The van der Waals surface area contributed by atoms with Crippen LogP contribution >= 0.6 is 27.6 Å². The van der Waals surface area contributed by atoms with Crippen LogP contribution < -0.4 is 0 Å². The van der Waals surface area contributed by atoms with Crippen LogP contribution in [0.3, 0.4) is 0 Å². The predicted molar refractivity (Wildman–Crippen MR) is 27.7 cm³/mol. The van der Waals surface area contributed by atoms with E-state index in [4.69, 9.17) is 38.6 Å². The molecular formula is HCl3N3NbO. The summed E-state index contributed by atoms with van der Waals surface area (Å²) < 4.78 is 9.60. The topological polar surface area (TPSA) is 77.3 Å². The average molecular weight is 258 g/mol. The van der Waals surface area contributed by atoms with E-state index >= 15 is 0 Å². The van der Waals surface area contributed by atoms with Gasteiger partial charge < -0.3 is 0 Å². The fourth-order valence-electron chi connectivity index (χ4n) is 0. The third kappa shape index (κ3) is 424. The van der Waals surface area contributed by atoms with Gasteiger partial charge in [0.2, 0.25) is 0 Å². The van der Waals surface area contributed by atoms with E-state index in [0.717, 1.165) is 0 Å². The van der Waals surface area contributed by atoms with Crippen molar-refractivity contribution in [3.05, 3.63) is 10.4 Å². The molecule has 0 aromatic rings. The van der Waals surface area contributed by atoms with Crippen LogP contribution in [0, 0.1) is 5.53 Å². The molecule has 0 aromatic carbocycles. The van der Waals surface area contributed by atoms with Crippen LogP contribution in [0.15, 0.2) is 0 Å². The van der Waals surface area contributed by atoms with Crippen molar-refractivity contribution in [3.63, 3.8) is 0 Å². The summed E-state index contributed by atoms with van der Waals surface area (Å²) in [7, 11) is 14.1. The summed E-state index contributed by atoms with van der Waals surface area (Å²) in [4.78, 5) is 1.75. The van der Waals surface area contributed by atoms with Gasteiger partial charge in [-0.15, -0.1) is 5.53 Å². The van der Waals surface area contributed by atoms with Gasteiger partial charge in [0.15, 0.2) is 0 Å². The van der Waals surface area contributed by atoms with Gasteiger partial charge in [0, 0.05) is 0 Å². The van der Waals surface area contributed by atoms with Crippen LogP contribution in [0.5, 0.6) is 0 Å². The number of hydrogen-bond acceptors (Lipinski definition) is 2. The Bertz CT molecular complexity index is 112. The molecule has 0 aliphatic carbocycles. The molecule has 48 valence electrons. The first-order valence-corrected chi connectivity index (χ1v) is 10.5. The summed E-state index contributed by atoms with van der Waals surface area (Å²) >= 11 is -3.93. The minimum absolute atomic E-state index is 1.75. The Hall–Kier alpha value is 0.720. The van der Waals surface area contributed by atoms with Crippen molar-refractivity contribution in [1.29, 1.82) is 5.53 Å². The van der Waals surface area contributed by atoms with Crippen molar-refractivity contribution in [3.8, 4) is 0 Å². The molecule has 8 heavy (non-hydrogen) atoms. The zero-order valence-electron chi connectivity index (χ0n) is 3.38. The zero-order valence-corrected chi connectivity index (χ0v) is 7.85. The molecule has 8 heteroatoms. The minimum atomic E-state index is -3.93. The van der Waals surface area contributed by atoms with Crippen molar-refractivity contribution in [2.75, 3.05) is 0 Å². The molecule has 0 bridgehead atoms. The Morgan fingerprint density at radius 2 is 1.50 bits per heavy atom. The van der Waals surface area contributed by atoms with Crippen molar-refractivity contribution in [2.45, 2.75) is 0 Å². The predicted octanol–water partition coefficient (Wildman–Crippen LogP) is 2.82. The molecule has 0 unspecified atom stereocenters. The van der Waals surface area contributed by atoms with Crippen LogP contribution in [0.1, 0.15) is 0 Å². The van der Waals surface area contributed by atoms with E-state index in [1.54, 1.807) is 4.91 Å². The van der Waals surface area contributed by atoms with E-state index in [0.29, 0.717) is 0 Å². The van der Waals surface area contributed by atoms with Gasteiger partial charge in [-0.25, -0.2) is 0 Å². The molecule has 0 atom stereocenters. The molecule has 0 spiro atoms. The number of nitrogens with one attached hydrogen (secondary N) is 1. The van der Waals surface area contributed by atoms with Gasteiger partial charge in [0.25, 0.3) is 0 Å². The SMILES string of the molecule is [N-]=[N+]=N.[O]=[Nb]([Cl])([Cl])[Cl]. The van der Waals surface area contributed by atoms with E-state index < -0.39 is 13.9 Å². The molecule has 0 aliphatic rings. The van der Waals surface area contributed by atoms with Crippen LogP contribution in [-0.4, -0.2) is 0 Å². The number of hydrogen-bond donors (Lipinski definition) is 1. The Balaban J connectivity index is 0. The van der Waals surface area contributed by atoms with Gasteiger partial charge in [0.1, 0.15) is 0 Å². The molecule has 0 amide bonds. The molecule has 1 N–H and O–H groups in total. The third-order valence-electron chi connectivity index (χ3n) is 0. The summed E-state index contributed by atoms with van der Waals surface area (Å²) in [5.41, 5.74) is 12.2. The molecule has 0 fully saturated rings. The fraction of sp³-hybridized carbons (Fsp3) is 0. The number of nitrogens with zero attached hydrogens (tertiary/aromatic N) is 2. The first kappa shape index (κ1) is 11.5. The maximum atomic E-state index is 9.60. The summed E-state index contributed by atoms with van der Waals surface area (Å²) in [5, 5.41) is 0. The molecule has 0 aromatic heterocycles. The zero-order chi connectivity index (χ0) is 7.21. The molecule has 4 nitrogen and oxygen atoms in total. The van der Waals surface area contributed by atoms with Gasteiger partial charge in [-0.1, -0.05) is 0 Å². The van der Waals surface area contributed by atoms with E-state index in [1.165, 1.54) is 0 Å². The Kier molecular flexibility index (Phi) is 8.42. The summed E-state index contributed by atoms with van der Waals surface area (Å²) in [6.07, 6.45) is 0. The van der Waals surface area contributed by atoms with Crippen molar-refractivity contribution < 1.29 is 17.1 Å². The van der Waals surface area contributed by atoms with Crippen molar-refractivity contribution in [1.82, 2.24) is 0 Å². The second-order valence-corrected chi connectivity index (χ2v) is 14.0. The molecule has 0 saturated carbocycles. The van der Waals surface area contributed by atoms with Gasteiger partial charge >= 0.3 is 44.7 Å². The van der Waals surface area contributed by atoms with E-state index in [1.807, 2.05) is 0 Å². The van der Waals surface area contributed by atoms with Crippen LogP contribution in [0.4, 0.5) is 0 Å². The van der Waals surface area contributed by atoms with Crippen LogP contribution in [-0.2, 0) is 17.1 Å². The first-order chi connectivity index (χ1) is 3.41. The van der Waals surface area contributed by atoms with E-state index in [9.17, 15) is 3.25 Å². The van der Waals surface area contributed by atoms with Gasteiger partial charge in [-0.2, -0.15) is 0 Å².